The molecule has 3 nitrogen and oxygen atoms in total. The van der Waals surface area contributed by atoms with Crippen molar-refractivity contribution in [1.82, 2.24) is 10.2 Å². The largest absolute Gasteiger partial charge is 0.342 e. The van der Waals surface area contributed by atoms with E-state index in [1.54, 1.807) is 0 Å². The fourth-order valence-electron chi connectivity index (χ4n) is 3.11. The molecule has 3 unspecified atom stereocenters. The lowest BCUT2D eigenvalue weighted by atomic mass is 10.0. The van der Waals surface area contributed by atoms with Gasteiger partial charge in [-0.15, -0.1) is 0 Å². The summed E-state index contributed by atoms with van der Waals surface area (Å²) in [5.41, 5.74) is 0. The van der Waals surface area contributed by atoms with Crippen LogP contribution in [0.1, 0.15) is 39.5 Å². The molecule has 0 aromatic heterocycles. The number of amides is 1. The third-order valence-corrected chi connectivity index (χ3v) is 4.14. The molecule has 1 N–H and O–H groups in total. The van der Waals surface area contributed by atoms with Crippen LogP contribution >= 0.6 is 0 Å². The molecule has 2 heterocycles. The highest BCUT2D eigenvalue weighted by molar-refractivity contribution is 5.80. The highest BCUT2D eigenvalue weighted by Crippen LogP contribution is 2.25. The summed E-state index contributed by atoms with van der Waals surface area (Å²) in [6.45, 7) is 7.37. The Morgan fingerprint density at radius 2 is 2.25 bits per heavy atom. The van der Waals surface area contributed by atoms with Crippen LogP contribution in [0.5, 0.6) is 0 Å². The Kier molecular flexibility index (Phi) is 3.85. The van der Waals surface area contributed by atoms with E-state index >= 15 is 0 Å². The second-order valence-corrected chi connectivity index (χ2v) is 5.37. The van der Waals surface area contributed by atoms with Crippen molar-refractivity contribution in [3.63, 3.8) is 0 Å². The summed E-state index contributed by atoms with van der Waals surface area (Å²) < 4.78 is 0. The first-order chi connectivity index (χ1) is 7.72. The molecule has 0 aromatic carbocycles. The number of carbonyl (C=O) groups is 1. The van der Waals surface area contributed by atoms with Gasteiger partial charge in [-0.3, -0.25) is 4.79 Å². The third-order valence-electron chi connectivity index (χ3n) is 4.14. The van der Waals surface area contributed by atoms with Crippen LogP contribution in [0.2, 0.25) is 0 Å². The van der Waals surface area contributed by atoms with Gasteiger partial charge in [-0.1, -0.05) is 13.3 Å². The molecule has 0 bridgehead atoms. The molecule has 3 atom stereocenters. The molecule has 0 saturated carbocycles. The average Bonchev–Trinajstić information content (AvgIpc) is 2.87. The molecule has 2 aliphatic rings. The van der Waals surface area contributed by atoms with Crippen molar-refractivity contribution in [2.45, 2.75) is 45.6 Å². The number of hydrogen-bond acceptors (Lipinski definition) is 2. The van der Waals surface area contributed by atoms with Gasteiger partial charge in [0.25, 0.3) is 0 Å². The molecule has 0 spiro atoms. The van der Waals surface area contributed by atoms with E-state index in [0.717, 1.165) is 32.0 Å². The molecule has 0 aromatic rings. The van der Waals surface area contributed by atoms with Gasteiger partial charge in [-0.25, -0.2) is 0 Å². The fourth-order valence-corrected chi connectivity index (χ4v) is 3.11. The first-order valence-corrected chi connectivity index (χ1v) is 6.74. The lowest BCUT2D eigenvalue weighted by Crippen LogP contribution is -2.39. The van der Waals surface area contributed by atoms with Gasteiger partial charge in [0, 0.05) is 19.1 Å². The SMILES string of the molecule is CCCC1CCN(C(=O)C2CCNC2C)C1. The number of nitrogens with zero attached hydrogens (tertiary/aromatic N) is 1. The maximum atomic E-state index is 12.3. The molecule has 1 amide bonds. The Hall–Kier alpha value is -0.570. The number of nitrogens with one attached hydrogen (secondary N) is 1. The van der Waals surface area contributed by atoms with Crippen LogP contribution in [0.3, 0.4) is 0 Å². The minimum Gasteiger partial charge on any atom is -0.342 e. The molecular formula is C13H24N2O. The summed E-state index contributed by atoms with van der Waals surface area (Å²) in [5, 5.41) is 3.36. The highest BCUT2D eigenvalue weighted by atomic mass is 16.2. The number of carbonyl (C=O) groups excluding carboxylic acids is 1. The standard InChI is InChI=1S/C13H24N2O/c1-3-4-11-6-8-15(9-11)13(16)12-5-7-14-10(12)2/h10-12,14H,3-9H2,1-2H3. The second-order valence-electron chi connectivity index (χ2n) is 5.37. The monoisotopic (exact) mass is 224 g/mol. The van der Waals surface area contributed by atoms with Gasteiger partial charge in [0.1, 0.15) is 0 Å². The summed E-state index contributed by atoms with van der Waals surface area (Å²) in [4.78, 5) is 14.4. The maximum Gasteiger partial charge on any atom is 0.227 e. The Balaban J connectivity index is 1.86. The predicted octanol–water partition coefficient (Wildman–Crippen LogP) is 1.63. The summed E-state index contributed by atoms with van der Waals surface area (Å²) in [6.07, 6.45) is 4.76. The van der Waals surface area contributed by atoms with E-state index in [-0.39, 0.29) is 5.92 Å². The van der Waals surface area contributed by atoms with Crippen LogP contribution in [0, 0.1) is 11.8 Å². The molecule has 2 fully saturated rings. The van der Waals surface area contributed by atoms with Crippen molar-refractivity contribution in [2.75, 3.05) is 19.6 Å². The zero-order chi connectivity index (χ0) is 11.5. The van der Waals surface area contributed by atoms with Gasteiger partial charge in [0.05, 0.1) is 5.92 Å². The summed E-state index contributed by atoms with van der Waals surface area (Å²) in [5.74, 6) is 1.40. The van der Waals surface area contributed by atoms with E-state index in [4.69, 9.17) is 0 Å². The lowest BCUT2D eigenvalue weighted by molar-refractivity contribution is -0.134. The van der Waals surface area contributed by atoms with Crippen molar-refractivity contribution in [1.29, 1.82) is 0 Å². The Morgan fingerprint density at radius 3 is 2.88 bits per heavy atom. The second kappa shape index (κ2) is 5.17. The van der Waals surface area contributed by atoms with Crippen LogP contribution in [-0.2, 0) is 4.79 Å². The molecule has 0 radical (unpaired) electrons. The Bertz CT molecular complexity index is 254. The van der Waals surface area contributed by atoms with E-state index in [9.17, 15) is 4.79 Å². The van der Waals surface area contributed by atoms with Gasteiger partial charge in [-0.2, -0.15) is 0 Å². The quantitative estimate of drug-likeness (QED) is 0.790. The van der Waals surface area contributed by atoms with Crippen LogP contribution < -0.4 is 5.32 Å². The summed E-state index contributed by atoms with van der Waals surface area (Å²) in [6, 6.07) is 0.373. The highest BCUT2D eigenvalue weighted by Gasteiger charge is 2.35. The molecule has 16 heavy (non-hydrogen) atoms. The molecule has 3 heteroatoms. The zero-order valence-electron chi connectivity index (χ0n) is 10.5. The van der Waals surface area contributed by atoms with Crippen LogP contribution in [0.15, 0.2) is 0 Å². The first-order valence-electron chi connectivity index (χ1n) is 6.74. The van der Waals surface area contributed by atoms with Crippen molar-refractivity contribution in [3.8, 4) is 0 Å². The van der Waals surface area contributed by atoms with Crippen LogP contribution in [-0.4, -0.2) is 36.5 Å². The van der Waals surface area contributed by atoms with E-state index < -0.39 is 0 Å². The van der Waals surface area contributed by atoms with Crippen molar-refractivity contribution < 1.29 is 4.79 Å². The molecule has 2 rings (SSSR count). The molecule has 92 valence electrons. The first kappa shape index (κ1) is 11.9. The topological polar surface area (TPSA) is 32.3 Å². The smallest absolute Gasteiger partial charge is 0.227 e. The molecule has 0 aliphatic carbocycles. The number of hydrogen-bond donors (Lipinski definition) is 1. The van der Waals surface area contributed by atoms with Gasteiger partial charge in [0.15, 0.2) is 0 Å². The molecule has 2 saturated heterocycles. The van der Waals surface area contributed by atoms with Crippen molar-refractivity contribution in [2.24, 2.45) is 11.8 Å². The van der Waals surface area contributed by atoms with Crippen molar-refractivity contribution >= 4 is 5.91 Å². The van der Waals surface area contributed by atoms with Gasteiger partial charge >= 0.3 is 0 Å². The summed E-state index contributed by atoms with van der Waals surface area (Å²) in [7, 11) is 0. The molecule has 2 aliphatic heterocycles. The molecular weight excluding hydrogens is 200 g/mol. The van der Waals surface area contributed by atoms with Gasteiger partial charge in [-0.05, 0) is 38.6 Å². The van der Waals surface area contributed by atoms with E-state index in [0.29, 0.717) is 11.9 Å². The van der Waals surface area contributed by atoms with Gasteiger partial charge in [0.2, 0.25) is 5.91 Å². The Labute approximate surface area is 98.6 Å². The average molecular weight is 224 g/mol. The van der Waals surface area contributed by atoms with Crippen LogP contribution in [0.25, 0.3) is 0 Å². The lowest BCUT2D eigenvalue weighted by Gasteiger charge is -2.22. The zero-order valence-corrected chi connectivity index (χ0v) is 10.5. The van der Waals surface area contributed by atoms with E-state index in [1.807, 2.05) is 0 Å². The summed E-state index contributed by atoms with van der Waals surface area (Å²) >= 11 is 0. The number of likely N-dealkylation sites (tertiary alicyclic amines) is 1. The normalized spacial score (nSPS) is 34.6. The number of rotatable bonds is 3. The maximum absolute atomic E-state index is 12.3. The fraction of sp³-hybridized carbons (Fsp3) is 0.923. The van der Waals surface area contributed by atoms with E-state index in [1.165, 1.54) is 19.3 Å². The minimum atomic E-state index is 0.236. The van der Waals surface area contributed by atoms with Crippen LogP contribution in [0.4, 0.5) is 0 Å². The third kappa shape index (κ3) is 2.40. The van der Waals surface area contributed by atoms with Gasteiger partial charge < -0.3 is 10.2 Å². The van der Waals surface area contributed by atoms with E-state index in [2.05, 4.69) is 24.1 Å². The van der Waals surface area contributed by atoms with Crippen molar-refractivity contribution in [3.05, 3.63) is 0 Å². The predicted molar refractivity (Wildman–Crippen MR) is 65.2 cm³/mol. The minimum absolute atomic E-state index is 0.236. The Morgan fingerprint density at radius 1 is 1.44 bits per heavy atom.